The third kappa shape index (κ3) is 5.69. The van der Waals surface area contributed by atoms with E-state index in [0.717, 1.165) is 30.5 Å². The van der Waals surface area contributed by atoms with Gasteiger partial charge in [-0.2, -0.15) is 13.2 Å². The topological polar surface area (TPSA) is 75.7 Å². The van der Waals surface area contributed by atoms with E-state index in [4.69, 9.17) is 27.9 Å². The van der Waals surface area contributed by atoms with Gasteiger partial charge in [-0.15, -0.1) is 0 Å². The van der Waals surface area contributed by atoms with Crippen LogP contribution in [0.4, 0.5) is 24.5 Å². The van der Waals surface area contributed by atoms with E-state index in [1.807, 2.05) is 12.1 Å². The van der Waals surface area contributed by atoms with Gasteiger partial charge in [-0.25, -0.2) is 9.69 Å². The number of carbonyl (C=O) groups is 3. The second kappa shape index (κ2) is 10.9. The number of nitrogens with zero attached hydrogens (tertiary/aromatic N) is 1. The Morgan fingerprint density at radius 3 is 2.21 bits per heavy atom. The molecule has 1 aliphatic heterocycles. The van der Waals surface area contributed by atoms with Crippen LogP contribution in [0, 0.1) is 0 Å². The van der Waals surface area contributed by atoms with Crippen molar-refractivity contribution in [1.82, 2.24) is 0 Å². The summed E-state index contributed by atoms with van der Waals surface area (Å²) in [6.07, 6.45) is -2.80. The number of carbonyl (C=O) groups excluding carboxylic acids is 3. The lowest BCUT2D eigenvalue weighted by Crippen LogP contribution is -2.32. The average molecular weight is 563 g/mol. The number of halogens is 5. The van der Waals surface area contributed by atoms with Crippen molar-refractivity contribution in [2.24, 2.45) is 0 Å². The van der Waals surface area contributed by atoms with Crippen molar-refractivity contribution in [2.45, 2.75) is 25.9 Å². The van der Waals surface area contributed by atoms with Crippen molar-refractivity contribution < 1.29 is 32.3 Å². The molecule has 4 rings (SSSR count). The fourth-order valence-corrected chi connectivity index (χ4v) is 4.12. The number of alkyl halides is 3. The van der Waals surface area contributed by atoms with E-state index in [1.54, 1.807) is 12.1 Å². The van der Waals surface area contributed by atoms with Crippen LogP contribution in [0.15, 0.2) is 77.5 Å². The number of amides is 2. The van der Waals surface area contributed by atoms with E-state index in [1.165, 1.54) is 24.3 Å². The Labute approximate surface area is 225 Å². The number of hydrogen-bond donors (Lipinski definition) is 1. The largest absolute Gasteiger partial charge is 0.423 e. The Kier molecular flexibility index (Phi) is 7.80. The molecule has 3 aromatic rings. The Hall–Kier alpha value is -3.82. The lowest BCUT2D eigenvalue weighted by atomic mass is 10.1. The van der Waals surface area contributed by atoms with Crippen molar-refractivity contribution >= 4 is 52.4 Å². The molecule has 3 aromatic carbocycles. The first kappa shape index (κ1) is 27.2. The van der Waals surface area contributed by atoms with Gasteiger partial charge in [-0.3, -0.25) is 9.59 Å². The van der Waals surface area contributed by atoms with Crippen LogP contribution in [-0.2, 0) is 22.2 Å². The van der Waals surface area contributed by atoms with Gasteiger partial charge in [0.25, 0.3) is 11.8 Å². The maximum absolute atomic E-state index is 13.2. The molecular weight excluding hydrogens is 544 g/mol. The predicted octanol–water partition coefficient (Wildman–Crippen LogP) is 6.97. The van der Waals surface area contributed by atoms with Crippen LogP contribution in [0.2, 0.25) is 5.02 Å². The number of rotatable bonds is 7. The van der Waals surface area contributed by atoms with Gasteiger partial charge in [0, 0.05) is 5.69 Å². The quantitative estimate of drug-likeness (QED) is 0.191. The molecule has 0 saturated carbocycles. The maximum Gasteiger partial charge on any atom is 0.416 e. The number of benzene rings is 3. The smallest absolute Gasteiger partial charge is 0.416 e. The molecule has 0 saturated heterocycles. The normalized spacial score (nSPS) is 13.8. The monoisotopic (exact) mass is 562 g/mol. The molecule has 38 heavy (non-hydrogen) atoms. The minimum absolute atomic E-state index is 0.222. The molecule has 0 radical (unpaired) electrons. The fraction of sp³-hybridized carbons (Fsp3) is 0.148. The van der Waals surface area contributed by atoms with Gasteiger partial charge in [0.2, 0.25) is 0 Å². The second-order valence-electron chi connectivity index (χ2n) is 8.28. The molecule has 0 spiro atoms. The van der Waals surface area contributed by atoms with Crippen molar-refractivity contribution in [3.63, 3.8) is 0 Å². The summed E-state index contributed by atoms with van der Waals surface area (Å²) in [5, 5.41) is 1.92. The van der Waals surface area contributed by atoms with Crippen LogP contribution in [0.5, 0.6) is 5.75 Å². The van der Waals surface area contributed by atoms with Gasteiger partial charge in [0.05, 0.1) is 21.8 Å². The molecule has 0 fully saturated rings. The molecule has 0 unspecified atom stereocenters. The van der Waals surface area contributed by atoms with Crippen LogP contribution in [0.1, 0.15) is 34.8 Å². The van der Waals surface area contributed by atoms with Crippen LogP contribution in [-0.4, -0.2) is 17.8 Å². The molecule has 0 bridgehead atoms. The first-order valence-corrected chi connectivity index (χ1v) is 12.1. The summed E-state index contributed by atoms with van der Waals surface area (Å²) in [6.45, 7) is 2.07. The Balaban J connectivity index is 1.48. The van der Waals surface area contributed by atoms with E-state index in [2.05, 4.69) is 12.2 Å². The molecule has 0 aromatic heterocycles. The number of hydrogen-bond acceptors (Lipinski definition) is 5. The van der Waals surface area contributed by atoms with E-state index in [0.29, 0.717) is 16.7 Å². The average Bonchev–Trinajstić information content (AvgIpc) is 3.08. The van der Waals surface area contributed by atoms with Crippen molar-refractivity contribution in [1.29, 1.82) is 0 Å². The summed E-state index contributed by atoms with van der Waals surface area (Å²) < 4.78 is 44.9. The Bertz CT molecular complexity index is 1440. The van der Waals surface area contributed by atoms with Crippen molar-refractivity contribution in [3.05, 3.63) is 99.2 Å². The summed E-state index contributed by atoms with van der Waals surface area (Å²) in [4.78, 5) is 38.6. The SMILES string of the molecule is CCCc1ccc(OC(=O)c2ccc(NC3=C(Cl)C(=O)N(c4cc(C(F)(F)F)ccc4Cl)C3=O)cc2)cc1. The highest BCUT2D eigenvalue weighted by molar-refractivity contribution is 6.53. The Morgan fingerprint density at radius 2 is 1.61 bits per heavy atom. The van der Waals surface area contributed by atoms with Crippen molar-refractivity contribution in [3.8, 4) is 5.75 Å². The molecule has 1 heterocycles. The van der Waals surface area contributed by atoms with Crippen molar-refractivity contribution in [2.75, 3.05) is 10.2 Å². The number of imide groups is 1. The van der Waals surface area contributed by atoms with Gasteiger partial charge in [-0.1, -0.05) is 48.7 Å². The summed E-state index contributed by atoms with van der Waals surface area (Å²) in [5.74, 6) is -2.24. The van der Waals surface area contributed by atoms with E-state index in [9.17, 15) is 27.6 Å². The molecule has 11 heteroatoms. The Morgan fingerprint density at radius 1 is 0.947 bits per heavy atom. The number of esters is 1. The molecule has 0 atom stereocenters. The van der Waals surface area contributed by atoms with Gasteiger partial charge in [0.1, 0.15) is 16.5 Å². The minimum atomic E-state index is -4.72. The highest BCUT2D eigenvalue weighted by Crippen LogP contribution is 2.38. The summed E-state index contributed by atoms with van der Waals surface area (Å²) in [7, 11) is 0. The lowest BCUT2D eigenvalue weighted by Gasteiger charge is -2.18. The van der Waals surface area contributed by atoms with Crippen LogP contribution < -0.4 is 15.0 Å². The standard InChI is InChI=1S/C27H19Cl2F3N2O4/c1-2-3-15-4-11-19(12-5-15)38-26(37)16-6-9-18(10-7-16)33-23-22(29)24(35)34(25(23)36)21-14-17(27(30,31)32)8-13-20(21)28/h4-14,33H,2-3H2,1H3. The van der Waals surface area contributed by atoms with Gasteiger partial charge < -0.3 is 10.1 Å². The van der Waals surface area contributed by atoms with E-state index in [-0.39, 0.29) is 22.0 Å². The van der Waals surface area contributed by atoms with Crippen LogP contribution in [0.25, 0.3) is 0 Å². The second-order valence-corrected chi connectivity index (χ2v) is 9.07. The third-order valence-corrected chi connectivity index (χ3v) is 6.27. The summed E-state index contributed by atoms with van der Waals surface area (Å²) >= 11 is 12.1. The highest BCUT2D eigenvalue weighted by atomic mass is 35.5. The molecule has 6 nitrogen and oxygen atoms in total. The van der Waals surface area contributed by atoms with Gasteiger partial charge in [0.15, 0.2) is 0 Å². The zero-order valence-corrected chi connectivity index (χ0v) is 21.2. The van der Waals surface area contributed by atoms with E-state index >= 15 is 0 Å². The maximum atomic E-state index is 13.2. The fourth-order valence-electron chi connectivity index (χ4n) is 3.70. The molecule has 2 amide bonds. The van der Waals surface area contributed by atoms with E-state index < -0.39 is 40.2 Å². The third-order valence-electron chi connectivity index (χ3n) is 5.60. The first-order chi connectivity index (χ1) is 18.0. The zero-order valence-electron chi connectivity index (χ0n) is 19.7. The molecule has 196 valence electrons. The minimum Gasteiger partial charge on any atom is -0.423 e. The molecule has 1 N–H and O–H groups in total. The van der Waals surface area contributed by atoms with Crippen LogP contribution in [0.3, 0.4) is 0 Å². The highest BCUT2D eigenvalue weighted by Gasteiger charge is 2.41. The van der Waals surface area contributed by atoms with Crippen LogP contribution >= 0.6 is 23.2 Å². The number of aryl methyl sites for hydroxylation is 1. The summed E-state index contributed by atoms with van der Waals surface area (Å²) in [6, 6.07) is 15.2. The van der Waals surface area contributed by atoms with Gasteiger partial charge in [-0.05, 0) is 66.6 Å². The lowest BCUT2D eigenvalue weighted by molar-refractivity contribution is -0.137. The number of ether oxygens (including phenoxy) is 1. The summed E-state index contributed by atoms with van der Waals surface area (Å²) in [5.41, 5.74) is -0.255. The first-order valence-electron chi connectivity index (χ1n) is 11.3. The predicted molar refractivity (Wildman–Crippen MR) is 137 cm³/mol. The zero-order chi connectivity index (χ0) is 27.6. The molecule has 0 aliphatic carbocycles. The number of anilines is 2. The van der Waals surface area contributed by atoms with Gasteiger partial charge >= 0.3 is 12.1 Å². The molecular formula is C27H19Cl2F3N2O4. The number of nitrogens with one attached hydrogen (secondary N) is 1. The molecule has 1 aliphatic rings.